The van der Waals surface area contributed by atoms with E-state index in [1.807, 2.05) is 6.92 Å². The summed E-state index contributed by atoms with van der Waals surface area (Å²) in [4.78, 5) is 11.9. The Hall–Kier alpha value is -0.970. The number of aliphatic hydroxyl groups is 1. The molecule has 4 nitrogen and oxygen atoms in total. The van der Waals surface area contributed by atoms with Crippen molar-refractivity contribution in [2.75, 3.05) is 13.2 Å². The van der Waals surface area contributed by atoms with Crippen LogP contribution in [0.15, 0.2) is 18.2 Å². The highest BCUT2D eigenvalue weighted by Gasteiger charge is 2.15. The van der Waals surface area contributed by atoms with Crippen molar-refractivity contribution >= 4 is 29.1 Å². The Morgan fingerprint density at radius 2 is 2.10 bits per heavy atom. The van der Waals surface area contributed by atoms with Crippen LogP contribution >= 0.6 is 23.2 Å². The first-order valence-electron chi connectivity index (χ1n) is 6.94. The lowest BCUT2D eigenvalue weighted by Gasteiger charge is -2.16. The Bertz CT molecular complexity index is 468. The van der Waals surface area contributed by atoms with Crippen LogP contribution in [0.25, 0.3) is 0 Å². The Balaban J connectivity index is 2.37. The summed E-state index contributed by atoms with van der Waals surface area (Å²) < 4.78 is 5.52. The predicted octanol–water partition coefficient (Wildman–Crippen LogP) is 3.29. The van der Waals surface area contributed by atoms with Crippen LogP contribution in [0.2, 0.25) is 10.0 Å². The van der Waals surface area contributed by atoms with Crippen molar-refractivity contribution in [1.29, 1.82) is 0 Å². The largest absolute Gasteiger partial charge is 0.479 e. The van der Waals surface area contributed by atoms with E-state index in [1.165, 1.54) is 0 Å². The van der Waals surface area contributed by atoms with Gasteiger partial charge in [-0.2, -0.15) is 0 Å². The molecule has 0 bridgehead atoms. The second kappa shape index (κ2) is 9.13. The van der Waals surface area contributed by atoms with Gasteiger partial charge in [-0.15, -0.1) is 0 Å². The number of ether oxygens (including phenoxy) is 1. The topological polar surface area (TPSA) is 58.6 Å². The number of benzene rings is 1. The molecule has 2 unspecified atom stereocenters. The van der Waals surface area contributed by atoms with Crippen molar-refractivity contribution < 1.29 is 14.6 Å². The van der Waals surface area contributed by atoms with E-state index in [4.69, 9.17) is 33.0 Å². The molecular weight excluding hydrogens is 313 g/mol. The molecule has 2 N–H and O–H groups in total. The normalized spacial score (nSPS) is 13.6. The van der Waals surface area contributed by atoms with Gasteiger partial charge < -0.3 is 15.2 Å². The maximum absolute atomic E-state index is 11.9. The number of halogens is 2. The summed E-state index contributed by atoms with van der Waals surface area (Å²) in [5.41, 5.74) is 0. The molecule has 0 heterocycles. The third-order valence-corrected chi connectivity index (χ3v) is 3.58. The zero-order valence-electron chi connectivity index (χ0n) is 12.2. The van der Waals surface area contributed by atoms with Gasteiger partial charge in [-0.3, -0.25) is 4.79 Å². The fourth-order valence-electron chi connectivity index (χ4n) is 1.71. The molecule has 21 heavy (non-hydrogen) atoms. The lowest BCUT2D eigenvalue weighted by atomic mass is 10.1. The fraction of sp³-hybridized carbons (Fsp3) is 0.533. The molecule has 0 aliphatic heterocycles. The van der Waals surface area contributed by atoms with Crippen LogP contribution in [0.5, 0.6) is 5.75 Å². The summed E-state index contributed by atoms with van der Waals surface area (Å²) >= 11 is 11.8. The second-order valence-electron chi connectivity index (χ2n) is 5.06. The number of hydrogen-bond acceptors (Lipinski definition) is 3. The zero-order chi connectivity index (χ0) is 15.8. The van der Waals surface area contributed by atoms with E-state index >= 15 is 0 Å². The fourth-order valence-corrected chi connectivity index (χ4v) is 2.16. The lowest BCUT2D eigenvalue weighted by Crippen LogP contribution is -2.37. The minimum absolute atomic E-state index is 0.169. The SMILES string of the molecule is CC(CO)CCCNC(=O)C(C)Oc1ccc(Cl)cc1Cl. The summed E-state index contributed by atoms with van der Waals surface area (Å²) in [5, 5.41) is 12.6. The van der Waals surface area contributed by atoms with Gasteiger partial charge in [0.25, 0.3) is 5.91 Å². The molecule has 1 aromatic rings. The lowest BCUT2D eigenvalue weighted by molar-refractivity contribution is -0.127. The highest BCUT2D eigenvalue weighted by Crippen LogP contribution is 2.28. The summed E-state index contributed by atoms with van der Waals surface area (Å²) in [5.74, 6) is 0.485. The van der Waals surface area contributed by atoms with Crippen molar-refractivity contribution in [3.05, 3.63) is 28.2 Å². The number of amides is 1. The standard InChI is InChI=1S/C15H21Cl2NO3/c1-10(9-19)4-3-7-18-15(20)11(2)21-14-6-5-12(16)8-13(14)17/h5-6,8,10-11,19H,3-4,7,9H2,1-2H3,(H,18,20). The van der Waals surface area contributed by atoms with Crippen LogP contribution in [0.3, 0.4) is 0 Å². The van der Waals surface area contributed by atoms with E-state index in [0.717, 1.165) is 12.8 Å². The summed E-state index contributed by atoms with van der Waals surface area (Å²) in [6.07, 6.45) is 1.05. The molecule has 0 saturated carbocycles. The van der Waals surface area contributed by atoms with E-state index < -0.39 is 6.10 Å². The molecule has 0 saturated heterocycles. The number of rotatable bonds is 8. The summed E-state index contributed by atoms with van der Waals surface area (Å²) in [6.45, 7) is 4.36. The Morgan fingerprint density at radius 1 is 1.38 bits per heavy atom. The third-order valence-electron chi connectivity index (χ3n) is 3.05. The molecule has 1 aromatic carbocycles. The molecule has 0 radical (unpaired) electrons. The van der Waals surface area contributed by atoms with Crippen molar-refractivity contribution in [3.63, 3.8) is 0 Å². The highest BCUT2D eigenvalue weighted by atomic mass is 35.5. The van der Waals surface area contributed by atoms with E-state index in [-0.39, 0.29) is 18.4 Å². The first-order chi connectivity index (χ1) is 9.93. The molecule has 6 heteroatoms. The minimum Gasteiger partial charge on any atom is -0.479 e. The number of carbonyl (C=O) groups excluding carboxylic acids is 1. The van der Waals surface area contributed by atoms with Crippen LogP contribution in [0, 0.1) is 5.92 Å². The Labute approximate surface area is 135 Å². The van der Waals surface area contributed by atoms with Gasteiger partial charge in [0.2, 0.25) is 0 Å². The molecule has 0 aliphatic rings. The van der Waals surface area contributed by atoms with Gasteiger partial charge in [0, 0.05) is 18.2 Å². The monoisotopic (exact) mass is 333 g/mol. The quantitative estimate of drug-likeness (QED) is 0.717. The van der Waals surface area contributed by atoms with Gasteiger partial charge in [-0.05, 0) is 43.9 Å². The molecule has 0 spiro atoms. The summed E-state index contributed by atoms with van der Waals surface area (Å²) in [6, 6.07) is 4.86. The van der Waals surface area contributed by atoms with E-state index in [1.54, 1.807) is 25.1 Å². The van der Waals surface area contributed by atoms with Gasteiger partial charge in [0.05, 0.1) is 5.02 Å². The average Bonchev–Trinajstić information content (AvgIpc) is 2.45. The molecule has 118 valence electrons. The number of hydrogen-bond donors (Lipinski definition) is 2. The van der Waals surface area contributed by atoms with Gasteiger partial charge in [-0.25, -0.2) is 0 Å². The van der Waals surface area contributed by atoms with E-state index in [2.05, 4.69) is 5.32 Å². The number of aliphatic hydroxyl groups excluding tert-OH is 1. The Kier molecular flexibility index (Phi) is 7.86. The van der Waals surface area contributed by atoms with Crippen LogP contribution in [0.1, 0.15) is 26.7 Å². The predicted molar refractivity (Wildman–Crippen MR) is 85.0 cm³/mol. The van der Waals surface area contributed by atoms with Crippen molar-refractivity contribution in [1.82, 2.24) is 5.32 Å². The van der Waals surface area contributed by atoms with Crippen molar-refractivity contribution in [3.8, 4) is 5.75 Å². The van der Waals surface area contributed by atoms with Gasteiger partial charge in [-0.1, -0.05) is 30.1 Å². The first kappa shape index (κ1) is 18.1. The molecule has 1 rings (SSSR count). The van der Waals surface area contributed by atoms with Crippen molar-refractivity contribution in [2.45, 2.75) is 32.8 Å². The third kappa shape index (κ3) is 6.55. The molecular formula is C15H21Cl2NO3. The molecule has 0 fully saturated rings. The molecule has 2 atom stereocenters. The Morgan fingerprint density at radius 3 is 2.71 bits per heavy atom. The molecule has 1 amide bonds. The van der Waals surface area contributed by atoms with Crippen LogP contribution in [0.4, 0.5) is 0 Å². The highest BCUT2D eigenvalue weighted by molar-refractivity contribution is 6.35. The second-order valence-corrected chi connectivity index (χ2v) is 5.90. The van der Waals surface area contributed by atoms with E-state index in [0.29, 0.717) is 22.3 Å². The first-order valence-corrected chi connectivity index (χ1v) is 7.70. The molecule has 0 aliphatic carbocycles. The van der Waals surface area contributed by atoms with E-state index in [9.17, 15) is 4.79 Å². The van der Waals surface area contributed by atoms with Crippen LogP contribution in [-0.4, -0.2) is 30.3 Å². The van der Waals surface area contributed by atoms with Crippen LogP contribution < -0.4 is 10.1 Å². The van der Waals surface area contributed by atoms with Crippen LogP contribution in [-0.2, 0) is 4.79 Å². The van der Waals surface area contributed by atoms with Crippen molar-refractivity contribution in [2.24, 2.45) is 5.92 Å². The maximum atomic E-state index is 11.9. The minimum atomic E-state index is -0.640. The maximum Gasteiger partial charge on any atom is 0.260 e. The van der Waals surface area contributed by atoms with Gasteiger partial charge in [0.15, 0.2) is 6.10 Å². The average molecular weight is 334 g/mol. The molecule has 0 aromatic heterocycles. The zero-order valence-corrected chi connectivity index (χ0v) is 13.7. The number of carbonyl (C=O) groups is 1. The number of nitrogens with one attached hydrogen (secondary N) is 1. The smallest absolute Gasteiger partial charge is 0.260 e. The van der Waals surface area contributed by atoms with Gasteiger partial charge in [0.1, 0.15) is 5.75 Å². The summed E-state index contributed by atoms with van der Waals surface area (Å²) in [7, 11) is 0. The van der Waals surface area contributed by atoms with Gasteiger partial charge >= 0.3 is 0 Å².